The summed E-state index contributed by atoms with van der Waals surface area (Å²) >= 11 is 0. The molecule has 33 heavy (non-hydrogen) atoms. The number of benzene rings is 2. The van der Waals surface area contributed by atoms with Gasteiger partial charge in [-0.25, -0.2) is 0 Å². The number of piperidine rings is 1. The molecule has 0 aromatic heterocycles. The number of nitrogens with one attached hydrogen (secondary N) is 1. The Morgan fingerprint density at radius 3 is 2.61 bits per heavy atom. The average Bonchev–Trinajstić information content (AvgIpc) is 2.86. The van der Waals surface area contributed by atoms with Crippen LogP contribution in [-0.2, 0) is 17.6 Å². The maximum atomic E-state index is 12.7. The van der Waals surface area contributed by atoms with E-state index in [-0.39, 0.29) is 0 Å². The zero-order chi connectivity index (χ0) is 23.0. The predicted molar refractivity (Wildman–Crippen MR) is 137 cm³/mol. The number of carbonyl (C=O) groups excluding carboxylic acids is 1. The summed E-state index contributed by atoms with van der Waals surface area (Å²) in [5.74, 6) is 0.945. The Balaban J connectivity index is 1.26. The maximum Gasteiger partial charge on any atom is 0.222 e. The van der Waals surface area contributed by atoms with E-state index in [2.05, 4.69) is 52.3 Å². The average molecular weight is 445 g/mol. The molecule has 2 aromatic rings. The van der Waals surface area contributed by atoms with Gasteiger partial charge in [-0.3, -0.25) is 4.79 Å². The number of nitrogens with two attached hydrogens (primary N) is 1. The summed E-state index contributed by atoms with van der Waals surface area (Å²) in [6.07, 6.45) is 9.77. The second-order valence-corrected chi connectivity index (χ2v) is 9.32. The minimum atomic E-state index is 0.315. The standard InChI is InChI=1S/C28H36N4O/c29-19-26(20-30)24-11-12-27-25(18-24)9-5-15-32(27)21-23-13-16-31(17-14-23)28(33)10-4-8-22-6-2-1-3-7-22/h1-3,6-7,11-12,18-20,23,29H,4-5,8-10,13-17,21,30H2/b26-20+,29-19?. The number of likely N-dealkylation sites (tertiary alicyclic amines) is 1. The fourth-order valence-electron chi connectivity index (χ4n) is 5.20. The minimum Gasteiger partial charge on any atom is -0.404 e. The molecular weight excluding hydrogens is 408 g/mol. The van der Waals surface area contributed by atoms with Gasteiger partial charge in [0.25, 0.3) is 0 Å². The number of aryl methyl sites for hydroxylation is 2. The van der Waals surface area contributed by atoms with Gasteiger partial charge in [0.05, 0.1) is 0 Å². The summed E-state index contributed by atoms with van der Waals surface area (Å²) in [7, 11) is 0. The normalized spacial score (nSPS) is 17.0. The summed E-state index contributed by atoms with van der Waals surface area (Å²) in [6, 6.07) is 16.9. The van der Waals surface area contributed by atoms with Crippen molar-refractivity contribution in [3.63, 3.8) is 0 Å². The highest BCUT2D eigenvalue weighted by Crippen LogP contribution is 2.31. The van der Waals surface area contributed by atoms with Crippen LogP contribution in [-0.4, -0.2) is 43.2 Å². The molecule has 0 bridgehead atoms. The number of allylic oxidation sites excluding steroid dienone is 1. The Kier molecular flexibility index (Phi) is 7.82. The molecule has 0 aliphatic carbocycles. The lowest BCUT2D eigenvalue weighted by atomic mass is 9.92. The summed E-state index contributed by atoms with van der Waals surface area (Å²) < 4.78 is 0. The third kappa shape index (κ3) is 5.84. The molecule has 0 atom stereocenters. The van der Waals surface area contributed by atoms with Crippen molar-refractivity contribution >= 4 is 23.4 Å². The van der Waals surface area contributed by atoms with Crippen molar-refractivity contribution in [1.29, 1.82) is 5.41 Å². The Morgan fingerprint density at radius 2 is 1.88 bits per heavy atom. The zero-order valence-corrected chi connectivity index (χ0v) is 19.5. The molecule has 2 aliphatic heterocycles. The molecule has 1 amide bonds. The van der Waals surface area contributed by atoms with Gasteiger partial charge in [-0.1, -0.05) is 36.4 Å². The van der Waals surface area contributed by atoms with Crippen LogP contribution in [0.5, 0.6) is 0 Å². The monoisotopic (exact) mass is 444 g/mol. The van der Waals surface area contributed by atoms with Gasteiger partial charge in [0.15, 0.2) is 0 Å². The van der Waals surface area contributed by atoms with E-state index >= 15 is 0 Å². The fourth-order valence-corrected chi connectivity index (χ4v) is 5.20. The maximum absolute atomic E-state index is 12.7. The molecule has 0 spiro atoms. The fraction of sp³-hybridized carbons (Fsp3) is 0.429. The Hall–Kier alpha value is -3.08. The smallest absolute Gasteiger partial charge is 0.222 e. The molecule has 4 rings (SSSR count). The molecule has 0 unspecified atom stereocenters. The molecule has 2 aromatic carbocycles. The van der Waals surface area contributed by atoms with Crippen molar-refractivity contribution in [1.82, 2.24) is 4.90 Å². The van der Waals surface area contributed by atoms with Gasteiger partial charge < -0.3 is 20.9 Å². The highest BCUT2D eigenvalue weighted by Gasteiger charge is 2.26. The zero-order valence-electron chi connectivity index (χ0n) is 19.5. The quantitative estimate of drug-likeness (QED) is 0.582. The summed E-state index contributed by atoms with van der Waals surface area (Å²) in [5, 5.41) is 7.56. The first kappa shape index (κ1) is 23.1. The number of amides is 1. The number of carbonyl (C=O) groups is 1. The molecule has 2 aliphatic rings. The molecule has 0 radical (unpaired) electrons. The van der Waals surface area contributed by atoms with E-state index < -0.39 is 0 Å². The van der Waals surface area contributed by atoms with Crippen LogP contribution in [0.25, 0.3) is 5.57 Å². The molecule has 2 heterocycles. The van der Waals surface area contributed by atoms with E-state index in [1.165, 1.54) is 29.2 Å². The third-order valence-electron chi connectivity index (χ3n) is 7.11. The SMILES string of the molecule is N=C/C(=C\N)c1ccc2c(c1)CCCN2CC1CCN(C(=O)CCCc2ccccc2)CC1. The topological polar surface area (TPSA) is 73.4 Å². The van der Waals surface area contributed by atoms with Crippen LogP contribution in [0.3, 0.4) is 0 Å². The van der Waals surface area contributed by atoms with Crippen LogP contribution < -0.4 is 10.6 Å². The Morgan fingerprint density at radius 1 is 1.09 bits per heavy atom. The van der Waals surface area contributed by atoms with Crippen molar-refractivity contribution in [2.24, 2.45) is 11.7 Å². The minimum absolute atomic E-state index is 0.315. The van der Waals surface area contributed by atoms with Crippen molar-refractivity contribution in [2.75, 3.05) is 31.1 Å². The van der Waals surface area contributed by atoms with Gasteiger partial charge in [-0.15, -0.1) is 0 Å². The first-order chi connectivity index (χ1) is 16.2. The molecule has 1 saturated heterocycles. The van der Waals surface area contributed by atoms with Crippen molar-refractivity contribution in [3.8, 4) is 0 Å². The molecule has 3 N–H and O–H groups in total. The number of nitrogens with zero attached hydrogens (tertiary/aromatic N) is 2. The molecule has 5 nitrogen and oxygen atoms in total. The van der Waals surface area contributed by atoms with Crippen LogP contribution in [0.15, 0.2) is 54.7 Å². The lowest BCUT2D eigenvalue weighted by Gasteiger charge is -2.38. The van der Waals surface area contributed by atoms with Gasteiger partial charge in [0.2, 0.25) is 5.91 Å². The van der Waals surface area contributed by atoms with E-state index in [1.54, 1.807) is 0 Å². The van der Waals surface area contributed by atoms with Crippen LogP contribution in [0.2, 0.25) is 0 Å². The van der Waals surface area contributed by atoms with Gasteiger partial charge in [0.1, 0.15) is 0 Å². The van der Waals surface area contributed by atoms with Gasteiger partial charge >= 0.3 is 0 Å². The van der Waals surface area contributed by atoms with Gasteiger partial charge in [-0.2, -0.15) is 0 Å². The van der Waals surface area contributed by atoms with E-state index in [0.717, 1.165) is 75.8 Å². The first-order valence-electron chi connectivity index (χ1n) is 12.3. The third-order valence-corrected chi connectivity index (χ3v) is 7.11. The van der Waals surface area contributed by atoms with Gasteiger partial charge in [-0.05, 0) is 73.3 Å². The number of rotatable bonds is 8. The summed E-state index contributed by atoms with van der Waals surface area (Å²) in [5.41, 5.74) is 11.4. The van der Waals surface area contributed by atoms with E-state index in [9.17, 15) is 4.79 Å². The lowest BCUT2D eigenvalue weighted by molar-refractivity contribution is -0.132. The highest BCUT2D eigenvalue weighted by molar-refractivity contribution is 6.08. The van der Waals surface area contributed by atoms with Crippen molar-refractivity contribution < 1.29 is 4.79 Å². The van der Waals surface area contributed by atoms with Crippen molar-refractivity contribution in [2.45, 2.75) is 44.9 Å². The van der Waals surface area contributed by atoms with Crippen LogP contribution >= 0.6 is 0 Å². The molecular formula is C28H36N4O. The van der Waals surface area contributed by atoms with Crippen LogP contribution in [0, 0.1) is 11.3 Å². The number of hydrogen-bond acceptors (Lipinski definition) is 4. The van der Waals surface area contributed by atoms with E-state index in [1.807, 2.05) is 6.07 Å². The number of anilines is 1. The number of fused-ring (bicyclic) bond motifs is 1. The molecule has 0 saturated carbocycles. The second kappa shape index (κ2) is 11.2. The number of hydrogen-bond donors (Lipinski definition) is 2. The van der Waals surface area contributed by atoms with Crippen LogP contribution in [0.1, 0.15) is 48.8 Å². The van der Waals surface area contributed by atoms with E-state index in [4.69, 9.17) is 11.1 Å². The van der Waals surface area contributed by atoms with E-state index in [0.29, 0.717) is 18.2 Å². The van der Waals surface area contributed by atoms with Crippen LogP contribution in [0.4, 0.5) is 5.69 Å². The molecule has 1 fully saturated rings. The Labute approximate surface area is 197 Å². The van der Waals surface area contributed by atoms with Gasteiger partial charge in [0, 0.05) is 56.3 Å². The summed E-state index contributed by atoms with van der Waals surface area (Å²) in [4.78, 5) is 17.3. The highest BCUT2D eigenvalue weighted by atomic mass is 16.2. The first-order valence-corrected chi connectivity index (χ1v) is 12.3. The summed E-state index contributed by atoms with van der Waals surface area (Å²) in [6.45, 7) is 3.93. The molecule has 174 valence electrons. The lowest BCUT2D eigenvalue weighted by Crippen LogP contribution is -2.42. The van der Waals surface area contributed by atoms with Crippen molar-refractivity contribution in [3.05, 3.63) is 71.4 Å². The molecule has 5 heteroatoms. The predicted octanol–water partition coefficient (Wildman–Crippen LogP) is 4.65. The largest absolute Gasteiger partial charge is 0.404 e. The second-order valence-electron chi connectivity index (χ2n) is 9.32. The Bertz CT molecular complexity index is 977.